The fraction of sp³-hybridized carbons (Fsp3) is 0.300. The Labute approximate surface area is 76.9 Å². The number of benzene rings is 1. The fourth-order valence-electron chi connectivity index (χ4n) is 1.36. The maximum atomic E-state index is 11.0. The topological polar surface area (TPSA) is 29.5 Å². The highest BCUT2D eigenvalue weighted by molar-refractivity contribution is 5.72. The molecule has 0 saturated carbocycles. The minimum absolute atomic E-state index is 0.143. The standard InChI is InChI=1S/C10H11NO2/c12-10-7-4-8-11(13-10)9-5-2-1-3-6-9/h1-3,5-6H,4,7-8H2. The molecule has 1 aromatic carbocycles. The van der Waals surface area contributed by atoms with Gasteiger partial charge in [-0.05, 0) is 18.6 Å². The second-order valence-corrected chi connectivity index (χ2v) is 3.00. The molecule has 0 aliphatic carbocycles. The van der Waals surface area contributed by atoms with Crippen molar-refractivity contribution >= 4 is 11.7 Å². The van der Waals surface area contributed by atoms with Crippen LogP contribution in [0, 0.1) is 0 Å². The molecule has 0 N–H and O–H groups in total. The Morgan fingerprint density at radius 2 is 2.00 bits per heavy atom. The van der Waals surface area contributed by atoms with E-state index in [1.54, 1.807) is 5.06 Å². The maximum absolute atomic E-state index is 11.0. The van der Waals surface area contributed by atoms with Crippen LogP contribution in [0.5, 0.6) is 0 Å². The lowest BCUT2D eigenvalue weighted by Crippen LogP contribution is -2.32. The summed E-state index contributed by atoms with van der Waals surface area (Å²) in [5.41, 5.74) is 0.940. The van der Waals surface area contributed by atoms with Crippen molar-refractivity contribution in [3.05, 3.63) is 30.3 Å². The van der Waals surface area contributed by atoms with E-state index in [1.807, 2.05) is 30.3 Å². The van der Waals surface area contributed by atoms with Gasteiger partial charge in [0.05, 0.1) is 12.2 Å². The summed E-state index contributed by atoms with van der Waals surface area (Å²) in [6, 6.07) is 9.65. The highest BCUT2D eigenvalue weighted by atomic mass is 16.7. The molecule has 0 aromatic heterocycles. The molecule has 1 fully saturated rings. The van der Waals surface area contributed by atoms with Gasteiger partial charge in [0.25, 0.3) is 0 Å². The second-order valence-electron chi connectivity index (χ2n) is 3.00. The van der Waals surface area contributed by atoms with Crippen molar-refractivity contribution in [2.75, 3.05) is 11.6 Å². The molecule has 1 aliphatic rings. The van der Waals surface area contributed by atoms with E-state index in [-0.39, 0.29) is 5.97 Å². The van der Waals surface area contributed by atoms with Crippen LogP contribution in [0.25, 0.3) is 0 Å². The van der Waals surface area contributed by atoms with Gasteiger partial charge in [-0.25, -0.2) is 9.86 Å². The molecular weight excluding hydrogens is 166 g/mol. The smallest absolute Gasteiger partial charge is 0.332 e. The van der Waals surface area contributed by atoms with Gasteiger partial charge in [0.2, 0.25) is 0 Å². The molecule has 1 aliphatic heterocycles. The molecule has 1 saturated heterocycles. The molecule has 3 heteroatoms. The van der Waals surface area contributed by atoms with Crippen molar-refractivity contribution in [1.29, 1.82) is 0 Å². The minimum Gasteiger partial charge on any atom is -0.341 e. The second kappa shape index (κ2) is 3.47. The molecule has 0 atom stereocenters. The maximum Gasteiger partial charge on any atom is 0.332 e. The Morgan fingerprint density at radius 1 is 1.23 bits per heavy atom. The molecule has 13 heavy (non-hydrogen) atoms. The van der Waals surface area contributed by atoms with Gasteiger partial charge in [0, 0.05) is 6.42 Å². The van der Waals surface area contributed by atoms with Gasteiger partial charge in [-0.3, -0.25) is 0 Å². The fourth-order valence-corrected chi connectivity index (χ4v) is 1.36. The van der Waals surface area contributed by atoms with Crippen LogP contribution < -0.4 is 5.06 Å². The predicted molar refractivity (Wildman–Crippen MR) is 49.1 cm³/mol. The van der Waals surface area contributed by atoms with Crippen LogP contribution in [0.4, 0.5) is 5.69 Å². The molecule has 0 unspecified atom stereocenters. The van der Waals surface area contributed by atoms with Crippen molar-refractivity contribution in [2.45, 2.75) is 12.8 Å². The van der Waals surface area contributed by atoms with Crippen molar-refractivity contribution in [1.82, 2.24) is 0 Å². The number of para-hydroxylation sites is 1. The van der Waals surface area contributed by atoms with Crippen molar-refractivity contribution in [2.24, 2.45) is 0 Å². The van der Waals surface area contributed by atoms with Crippen LogP contribution in [0.15, 0.2) is 30.3 Å². The van der Waals surface area contributed by atoms with E-state index in [0.29, 0.717) is 6.42 Å². The number of carbonyl (C=O) groups is 1. The number of nitrogens with zero attached hydrogens (tertiary/aromatic N) is 1. The summed E-state index contributed by atoms with van der Waals surface area (Å²) in [5.74, 6) is -0.143. The van der Waals surface area contributed by atoms with E-state index in [4.69, 9.17) is 4.84 Å². The summed E-state index contributed by atoms with van der Waals surface area (Å²) in [7, 11) is 0. The number of carbonyl (C=O) groups excluding carboxylic acids is 1. The van der Waals surface area contributed by atoms with Crippen LogP contribution in [0.2, 0.25) is 0 Å². The summed E-state index contributed by atoms with van der Waals surface area (Å²) in [6.45, 7) is 0.787. The Bertz CT molecular complexity index is 297. The Hall–Kier alpha value is -1.51. The zero-order valence-electron chi connectivity index (χ0n) is 7.27. The molecule has 0 radical (unpaired) electrons. The molecule has 1 aromatic rings. The first-order chi connectivity index (χ1) is 6.36. The number of hydroxylamine groups is 1. The lowest BCUT2D eigenvalue weighted by Gasteiger charge is -2.26. The van der Waals surface area contributed by atoms with Gasteiger partial charge in [-0.15, -0.1) is 0 Å². The molecule has 2 rings (SSSR count). The van der Waals surface area contributed by atoms with E-state index in [2.05, 4.69) is 0 Å². The quantitative estimate of drug-likeness (QED) is 0.654. The van der Waals surface area contributed by atoms with Crippen LogP contribution in [0.3, 0.4) is 0 Å². The monoisotopic (exact) mass is 177 g/mol. The van der Waals surface area contributed by atoms with Crippen molar-refractivity contribution < 1.29 is 9.63 Å². The Morgan fingerprint density at radius 3 is 2.69 bits per heavy atom. The van der Waals surface area contributed by atoms with Crippen LogP contribution in [-0.4, -0.2) is 12.5 Å². The summed E-state index contributed by atoms with van der Waals surface area (Å²) >= 11 is 0. The van der Waals surface area contributed by atoms with E-state index >= 15 is 0 Å². The van der Waals surface area contributed by atoms with Crippen LogP contribution in [-0.2, 0) is 9.63 Å². The van der Waals surface area contributed by atoms with Gasteiger partial charge >= 0.3 is 5.97 Å². The molecule has 3 nitrogen and oxygen atoms in total. The van der Waals surface area contributed by atoms with Crippen molar-refractivity contribution in [3.63, 3.8) is 0 Å². The number of anilines is 1. The minimum atomic E-state index is -0.143. The zero-order valence-corrected chi connectivity index (χ0v) is 7.27. The van der Waals surface area contributed by atoms with Gasteiger partial charge < -0.3 is 4.84 Å². The van der Waals surface area contributed by atoms with Crippen LogP contribution in [0.1, 0.15) is 12.8 Å². The number of rotatable bonds is 1. The summed E-state index contributed by atoms with van der Waals surface area (Å²) < 4.78 is 0. The van der Waals surface area contributed by atoms with Gasteiger partial charge in [0.1, 0.15) is 0 Å². The first-order valence-corrected chi connectivity index (χ1v) is 4.39. The number of hydrogen-bond donors (Lipinski definition) is 0. The number of hydrogen-bond acceptors (Lipinski definition) is 3. The average molecular weight is 177 g/mol. The van der Waals surface area contributed by atoms with E-state index < -0.39 is 0 Å². The summed E-state index contributed by atoms with van der Waals surface area (Å²) in [6.07, 6.45) is 1.40. The molecule has 0 spiro atoms. The highest BCUT2D eigenvalue weighted by Gasteiger charge is 2.17. The van der Waals surface area contributed by atoms with Crippen LogP contribution >= 0.6 is 0 Å². The molecular formula is C10H11NO2. The SMILES string of the molecule is O=C1CCCN(c2ccccc2)O1. The third-order valence-corrected chi connectivity index (χ3v) is 2.00. The molecule has 68 valence electrons. The van der Waals surface area contributed by atoms with Crippen molar-refractivity contribution in [3.8, 4) is 0 Å². The van der Waals surface area contributed by atoms with E-state index in [0.717, 1.165) is 18.7 Å². The lowest BCUT2D eigenvalue weighted by atomic mass is 10.2. The van der Waals surface area contributed by atoms with Gasteiger partial charge in [-0.1, -0.05) is 18.2 Å². The summed E-state index contributed by atoms with van der Waals surface area (Å²) in [5, 5.41) is 1.64. The van der Waals surface area contributed by atoms with E-state index in [1.165, 1.54) is 0 Å². The molecule has 0 amide bonds. The zero-order chi connectivity index (χ0) is 9.10. The molecule has 0 bridgehead atoms. The Balaban J connectivity index is 2.13. The highest BCUT2D eigenvalue weighted by Crippen LogP contribution is 2.18. The normalized spacial score (nSPS) is 16.9. The third-order valence-electron chi connectivity index (χ3n) is 2.00. The Kier molecular flexibility index (Phi) is 2.17. The predicted octanol–water partition coefficient (Wildman–Crippen LogP) is 1.75. The third kappa shape index (κ3) is 1.80. The summed E-state index contributed by atoms with van der Waals surface area (Å²) in [4.78, 5) is 16.0. The first-order valence-electron chi connectivity index (χ1n) is 4.39. The van der Waals surface area contributed by atoms with Gasteiger partial charge in [0.15, 0.2) is 0 Å². The molecule has 1 heterocycles. The largest absolute Gasteiger partial charge is 0.341 e. The first kappa shape index (κ1) is 8.10. The average Bonchev–Trinajstić information content (AvgIpc) is 2.19. The van der Waals surface area contributed by atoms with E-state index in [9.17, 15) is 4.79 Å². The lowest BCUT2D eigenvalue weighted by molar-refractivity contribution is -0.148. The van der Waals surface area contributed by atoms with Gasteiger partial charge in [-0.2, -0.15) is 0 Å².